The third-order valence-electron chi connectivity index (χ3n) is 5.20. The number of methoxy groups -OCH3 is 2. The second-order valence-corrected chi connectivity index (χ2v) is 7.22. The molecule has 8 nitrogen and oxygen atoms in total. The first kappa shape index (κ1) is 24.2. The molecule has 34 heavy (non-hydrogen) atoms. The predicted molar refractivity (Wildman–Crippen MR) is 121 cm³/mol. The largest absolute Gasteiger partial charge is 0.465 e. The molecule has 3 aromatic carbocycles. The van der Waals surface area contributed by atoms with Crippen molar-refractivity contribution in [2.75, 3.05) is 14.2 Å². The molecule has 0 fully saturated rings. The lowest BCUT2D eigenvalue weighted by atomic mass is 9.98. The molecule has 3 aromatic rings. The van der Waals surface area contributed by atoms with E-state index in [2.05, 4.69) is 9.47 Å². The standard InChI is InChI=1S/C26H22O8/c1-15-16(2)22(26(30)34-20-11-7-18(8-12-20)24(28)32-4)14-13-21(15)25(29)33-19-9-5-17(6-10-19)23(27)31-3/h5-14H,1-4H3. The minimum Gasteiger partial charge on any atom is -0.465 e. The van der Waals surface area contributed by atoms with Crippen LogP contribution in [0, 0.1) is 13.8 Å². The van der Waals surface area contributed by atoms with E-state index >= 15 is 0 Å². The van der Waals surface area contributed by atoms with E-state index in [4.69, 9.17) is 9.47 Å². The minimum absolute atomic E-state index is 0.258. The average molecular weight is 462 g/mol. The molecule has 0 bridgehead atoms. The molecule has 0 amide bonds. The summed E-state index contributed by atoms with van der Waals surface area (Å²) < 4.78 is 20.1. The third kappa shape index (κ3) is 5.29. The van der Waals surface area contributed by atoms with E-state index in [9.17, 15) is 19.2 Å². The van der Waals surface area contributed by atoms with Crippen LogP contribution in [0.3, 0.4) is 0 Å². The van der Waals surface area contributed by atoms with Crippen molar-refractivity contribution in [2.45, 2.75) is 13.8 Å². The summed E-state index contributed by atoms with van der Waals surface area (Å²) in [6.07, 6.45) is 0. The number of carbonyl (C=O) groups is 4. The van der Waals surface area contributed by atoms with E-state index in [1.165, 1.54) is 74.9 Å². The highest BCUT2D eigenvalue weighted by Gasteiger charge is 2.20. The Labute approximate surface area is 196 Å². The van der Waals surface area contributed by atoms with Crippen molar-refractivity contribution in [3.63, 3.8) is 0 Å². The number of benzene rings is 3. The highest BCUT2D eigenvalue weighted by Crippen LogP contribution is 2.23. The second kappa shape index (κ2) is 10.4. The molecule has 0 atom stereocenters. The van der Waals surface area contributed by atoms with Gasteiger partial charge in [-0.3, -0.25) is 0 Å². The van der Waals surface area contributed by atoms with Crippen molar-refractivity contribution in [2.24, 2.45) is 0 Å². The van der Waals surface area contributed by atoms with Crippen molar-refractivity contribution in [1.29, 1.82) is 0 Å². The molecule has 3 rings (SSSR count). The lowest BCUT2D eigenvalue weighted by Crippen LogP contribution is -2.15. The van der Waals surface area contributed by atoms with Gasteiger partial charge in [0, 0.05) is 0 Å². The van der Waals surface area contributed by atoms with Crippen LogP contribution in [0.25, 0.3) is 0 Å². The fourth-order valence-corrected chi connectivity index (χ4v) is 3.14. The smallest absolute Gasteiger partial charge is 0.343 e. The number of esters is 4. The van der Waals surface area contributed by atoms with Crippen LogP contribution in [0.4, 0.5) is 0 Å². The number of carbonyl (C=O) groups excluding carboxylic acids is 4. The van der Waals surface area contributed by atoms with Gasteiger partial charge >= 0.3 is 23.9 Å². The van der Waals surface area contributed by atoms with E-state index in [1.807, 2.05) is 0 Å². The van der Waals surface area contributed by atoms with Gasteiger partial charge in [0.15, 0.2) is 0 Å². The molecular formula is C26H22O8. The molecular weight excluding hydrogens is 440 g/mol. The van der Waals surface area contributed by atoms with Gasteiger partial charge in [-0.1, -0.05) is 0 Å². The molecule has 0 N–H and O–H groups in total. The fourth-order valence-electron chi connectivity index (χ4n) is 3.14. The van der Waals surface area contributed by atoms with Crippen LogP contribution in [0.15, 0.2) is 60.7 Å². The maximum absolute atomic E-state index is 12.7. The van der Waals surface area contributed by atoms with Crippen LogP contribution in [-0.2, 0) is 9.47 Å². The van der Waals surface area contributed by atoms with Crippen molar-refractivity contribution in [1.82, 2.24) is 0 Å². The van der Waals surface area contributed by atoms with Crippen molar-refractivity contribution < 1.29 is 38.1 Å². The number of hydrogen-bond donors (Lipinski definition) is 0. The van der Waals surface area contributed by atoms with Gasteiger partial charge in [-0.05, 0) is 85.6 Å². The van der Waals surface area contributed by atoms with Gasteiger partial charge in [-0.25, -0.2) is 19.2 Å². The van der Waals surface area contributed by atoms with Crippen LogP contribution >= 0.6 is 0 Å². The SMILES string of the molecule is COC(=O)c1ccc(OC(=O)c2ccc(C(=O)Oc3ccc(C(=O)OC)cc3)c(C)c2C)cc1. The summed E-state index contributed by atoms with van der Waals surface area (Å²) in [5, 5.41) is 0. The van der Waals surface area contributed by atoms with Crippen molar-refractivity contribution in [3.8, 4) is 11.5 Å². The van der Waals surface area contributed by atoms with Gasteiger partial charge in [-0.2, -0.15) is 0 Å². The molecule has 0 spiro atoms. The first-order valence-corrected chi connectivity index (χ1v) is 10.2. The van der Waals surface area contributed by atoms with Crippen LogP contribution in [0.5, 0.6) is 11.5 Å². The minimum atomic E-state index is -0.607. The van der Waals surface area contributed by atoms with E-state index < -0.39 is 23.9 Å². The van der Waals surface area contributed by atoms with Crippen LogP contribution < -0.4 is 9.47 Å². The van der Waals surface area contributed by atoms with Gasteiger partial charge in [0.1, 0.15) is 11.5 Å². The number of ether oxygens (including phenoxy) is 4. The molecule has 0 heterocycles. The maximum Gasteiger partial charge on any atom is 0.343 e. The van der Waals surface area contributed by atoms with Crippen LogP contribution in [0.2, 0.25) is 0 Å². The summed E-state index contributed by atoms with van der Waals surface area (Å²) >= 11 is 0. The highest BCUT2D eigenvalue weighted by atomic mass is 16.5. The molecule has 8 heteroatoms. The zero-order valence-corrected chi connectivity index (χ0v) is 19.0. The fraction of sp³-hybridized carbons (Fsp3) is 0.154. The van der Waals surface area contributed by atoms with Gasteiger partial charge in [-0.15, -0.1) is 0 Å². The Morgan fingerprint density at radius 1 is 0.500 bits per heavy atom. The van der Waals surface area contributed by atoms with Gasteiger partial charge in [0.25, 0.3) is 0 Å². The predicted octanol–water partition coefficient (Wildman–Crippen LogP) is 4.32. The zero-order chi connectivity index (χ0) is 24.8. The second-order valence-electron chi connectivity index (χ2n) is 7.22. The molecule has 0 aromatic heterocycles. The molecule has 0 aliphatic carbocycles. The topological polar surface area (TPSA) is 105 Å². The Balaban J connectivity index is 1.73. The Morgan fingerprint density at radius 2 is 0.824 bits per heavy atom. The molecule has 0 saturated heterocycles. The third-order valence-corrected chi connectivity index (χ3v) is 5.20. The van der Waals surface area contributed by atoms with E-state index in [0.717, 1.165) is 0 Å². The summed E-state index contributed by atoms with van der Waals surface area (Å²) in [5.74, 6) is -1.69. The molecule has 0 aliphatic heterocycles. The van der Waals surface area contributed by atoms with Gasteiger partial charge in [0.2, 0.25) is 0 Å². The first-order chi connectivity index (χ1) is 16.2. The maximum atomic E-state index is 12.7. The van der Waals surface area contributed by atoms with Crippen molar-refractivity contribution in [3.05, 3.63) is 94.0 Å². The Hall–Kier alpha value is -4.46. The van der Waals surface area contributed by atoms with Gasteiger partial charge < -0.3 is 18.9 Å². The lowest BCUT2D eigenvalue weighted by Gasteiger charge is -2.13. The molecule has 174 valence electrons. The first-order valence-electron chi connectivity index (χ1n) is 10.2. The molecule has 0 saturated carbocycles. The van der Waals surface area contributed by atoms with Crippen LogP contribution in [0.1, 0.15) is 52.6 Å². The number of hydrogen-bond acceptors (Lipinski definition) is 8. The summed E-state index contributed by atoms with van der Waals surface area (Å²) in [4.78, 5) is 48.4. The number of rotatable bonds is 6. The zero-order valence-electron chi connectivity index (χ0n) is 19.0. The normalized spacial score (nSPS) is 10.2. The van der Waals surface area contributed by atoms with E-state index in [-0.39, 0.29) is 22.6 Å². The molecule has 0 radical (unpaired) electrons. The summed E-state index contributed by atoms with van der Waals surface area (Å²) in [6.45, 7) is 3.41. The summed E-state index contributed by atoms with van der Waals surface area (Å²) in [5.41, 5.74) is 2.36. The molecule has 0 unspecified atom stereocenters. The Bertz CT molecular complexity index is 1140. The Morgan fingerprint density at radius 3 is 1.12 bits per heavy atom. The van der Waals surface area contributed by atoms with Gasteiger partial charge in [0.05, 0.1) is 36.5 Å². The summed E-state index contributed by atoms with van der Waals surface area (Å²) in [6, 6.07) is 14.9. The highest BCUT2D eigenvalue weighted by molar-refractivity contribution is 5.98. The average Bonchev–Trinajstić information content (AvgIpc) is 2.85. The van der Waals surface area contributed by atoms with Crippen molar-refractivity contribution >= 4 is 23.9 Å². The Kier molecular flexibility index (Phi) is 7.43. The monoisotopic (exact) mass is 462 g/mol. The molecule has 0 aliphatic rings. The van der Waals surface area contributed by atoms with Crippen LogP contribution in [-0.4, -0.2) is 38.1 Å². The lowest BCUT2D eigenvalue weighted by molar-refractivity contribution is 0.0591. The summed E-state index contributed by atoms with van der Waals surface area (Å²) in [7, 11) is 2.56. The van der Waals surface area contributed by atoms with E-state index in [1.54, 1.807) is 13.8 Å². The quantitative estimate of drug-likeness (QED) is 0.394. The van der Waals surface area contributed by atoms with E-state index in [0.29, 0.717) is 22.3 Å².